The van der Waals surface area contributed by atoms with Crippen LogP contribution in [0.1, 0.15) is 11.9 Å². The van der Waals surface area contributed by atoms with Crippen molar-refractivity contribution in [3.05, 3.63) is 157 Å². The number of benzene rings is 7. The zero-order chi connectivity index (χ0) is 34.6. The Kier molecular flexibility index (Phi) is 5.89. The summed E-state index contributed by atoms with van der Waals surface area (Å²) in [6, 6.07) is 54.0. The van der Waals surface area contributed by atoms with Crippen LogP contribution >= 0.6 is 11.3 Å². The molecule has 4 aromatic heterocycles. The first-order chi connectivity index (χ1) is 26.3. The number of nitrogens with one attached hydrogen (secondary N) is 1. The Morgan fingerprint density at radius 2 is 1.25 bits per heavy atom. The molecule has 1 aliphatic heterocycles. The molecule has 7 heteroatoms. The highest BCUT2D eigenvalue weighted by atomic mass is 32.1. The van der Waals surface area contributed by atoms with Gasteiger partial charge in [0.1, 0.15) is 0 Å². The number of hydrogen-bond donors (Lipinski definition) is 1. The van der Waals surface area contributed by atoms with Gasteiger partial charge in [0.25, 0.3) is 0 Å². The van der Waals surface area contributed by atoms with Gasteiger partial charge in [0.2, 0.25) is 12.2 Å². The normalized spacial score (nSPS) is 14.3. The van der Waals surface area contributed by atoms with Crippen LogP contribution in [0.5, 0.6) is 0 Å². The summed E-state index contributed by atoms with van der Waals surface area (Å²) in [5.41, 5.74) is 9.55. The van der Waals surface area contributed by atoms with Crippen molar-refractivity contribution in [2.45, 2.75) is 6.29 Å². The molecule has 0 fully saturated rings. The third-order valence-electron chi connectivity index (χ3n) is 10.8. The molecule has 0 spiro atoms. The van der Waals surface area contributed by atoms with Crippen LogP contribution in [-0.4, -0.2) is 25.3 Å². The monoisotopic (exact) mass is 696 g/mol. The summed E-state index contributed by atoms with van der Waals surface area (Å²) in [5.74, 6) is 0.661. The molecule has 12 rings (SSSR count). The lowest BCUT2D eigenvalue weighted by Crippen LogP contribution is -2.20. The highest BCUT2D eigenvalue weighted by molar-refractivity contribution is 7.26. The number of para-hydroxylation sites is 3. The van der Waals surface area contributed by atoms with Crippen molar-refractivity contribution in [1.29, 1.82) is 0 Å². The van der Waals surface area contributed by atoms with E-state index in [1.807, 2.05) is 12.3 Å². The molecular formula is C46H28N6S. The van der Waals surface area contributed by atoms with E-state index in [1.165, 1.54) is 20.9 Å². The van der Waals surface area contributed by atoms with Gasteiger partial charge < -0.3 is 9.88 Å². The molecule has 1 N–H and O–H groups in total. The summed E-state index contributed by atoms with van der Waals surface area (Å²) < 4.78 is 6.90. The minimum Gasteiger partial charge on any atom is -0.346 e. The van der Waals surface area contributed by atoms with E-state index >= 15 is 0 Å². The van der Waals surface area contributed by atoms with Crippen LogP contribution in [0.3, 0.4) is 0 Å². The Hall–Kier alpha value is -6.83. The van der Waals surface area contributed by atoms with Gasteiger partial charge >= 0.3 is 0 Å². The molecule has 11 aromatic rings. The Bertz CT molecular complexity index is 3350. The van der Waals surface area contributed by atoms with Crippen LogP contribution in [0.2, 0.25) is 0 Å². The molecule has 6 nitrogen and oxygen atoms in total. The van der Waals surface area contributed by atoms with Gasteiger partial charge in [-0.15, -0.1) is 11.3 Å². The fourth-order valence-corrected chi connectivity index (χ4v) is 9.50. The third-order valence-corrected chi connectivity index (χ3v) is 11.9. The predicted octanol–water partition coefficient (Wildman–Crippen LogP) is 11.9. The fraction of sp³-hybridized carbons (Fsp3) is 0.0217. The van der Waals surface area contributed by atoms with E-state index in [4.69, 9.17) is 15.0 Å². The first kappa shape index (κ1) is 28.8. The number of aromatic nitrogens is 4. The van der Waals surface area contributed by atoms with Crippen molar-refractivity contribution in [3.63, 3.8) is 0 Å². The third kappa shape index (κ3) is 4.16. The van der Waals surface area contributed by atoms with Gasteiger partial charge in [-0.2, -0.15) is 0 Å². The zero-order valence-corrected chi connectivity index (χ0v) is 29.0. The van der Waals surface area contributed by atoms with Crippen molar-refractivity contribution >= 4 is 97.9 Å². The molecule has 1 atom stereocenters. The molecule has 0 amide bonds. The Balaban J connectivity index is 1.16. The van der Waals surface area contributed by atoms with Gasteiger partial charge in [-0.1, -0.05) is 109 Å². The molecule has 248 valence electrons. The van der Waals surface area contributed by atoms with Crippen LogP contribution in [0.15, 0.2) is 157 Å². The van der Waals surface area contributed by atoms with Gasteiger partial charge in [-0.25, -0.2) is 15.0 Å². The van der Waals surface area contributed by atoms with Crippen molar-refractivity contribution in [2.24, 2.45) is 4.99 Å². The van der Waals surface area contributed by atoms with E-state index < -0.39 is 0 Å². The Morgan fingerprint density at radius 1 is 0.547 bits per heavy atom. The number of aliphatic imine (C=N–C) groups is 1. The van der Waals surface area contributed by atoms with E-state index in [1.54, 1.807) is 11.3 Å². The summed E-state index contributed by atoms with van der Waals surface area (Å²) in [6.45, 7) is 0. The minimum atomic E-state index is -0.291. The molecule has 0 aliphatic carbocycles. The second-order valence-corrected chi connectivity index (χ2v) is 14.8. The molecular weight excluding hydrogens is 669 g/mol. The minimum absolute atomic E-state index is 0.291. The first-order valence-corrected chi connectivity index (χ1v) is 18.6. The predicted molar refractivity (Wildman–Crippen MR) is 222 cm³/mol. The van der Waals surface area contributed by atoms with Crippen LogP contribution in [-0.2, 0) is 0 Å². The van der Waals surface area contributed by atoms with Crippen LogP contribution in [0.4, 0.5) is 5.69 Å². The van der Waals surface area contributed by atoms with Gasteiger partial charge in [0.15, 0.2) is 0 Å². The molecule has 0 radical (unpaired) electrons. The van der Waals surface area contributed by atoms with Crippen molar-refractivity contribution in [1.82, 2.24) is 19.1 Å². The van der Waals surface area contributed by atoms with Crippen LogP contribution < -0.4 is 5.32 Å². The lowest BCUT2D eigenvalue weighted by Gasteiger charge is -2.24. The standard InChI is InChI=1S/C46H28N6S/c1-2-12-28-23-29(22-21-27(28)11-1)42-44-43(33-16-6-10-20-41(33)53-44)50-46(49-42)52-38-19-9-5-15-32(38)35-24-39-34(25-40(35)52)31-14-4-8-18-37(31)51(39)45-47-26-30-13-3-7-17-36(30)48-45/h1-26,45,48H. The van der Waals surface area contributed by atoms with Gasteiger partial charge in [0.05, 0.1) is 38.0 Å². The lowest BCUT2D eigenvalue weighted by atomic mass is 10.0. The molecule has 1 aliphatic rings. The highest BCUT2D eigenvalue weighted by Crippen LogP contribution is 2.43. The number of thiophene rings is 1. The van der Waals surface area contributed by atoms with Crippen molar-refractivity contribution < 1.29 is 0 Å². The largest absolute Gasteiger partial charge is 0.346 e. The first-order valence-electron chi connectivity index (χ1n) is 17.8. The topological polar surface area (TPSA) is 60.0 Å². The quantitative estimate of drug-likeness (QED) is 0.200. The number of nitrogens with zero attached hydrogens (tertiary/aromatic N) is 5. The zero-order valence-electron chi connectivity index (χ0n) is 28.2. The molecule has 53 heavy (non-hydrogen) atoms. The summed E-state index contributed by atoms with van der Waals surface area (Å²) in [6.07, 6.45) is 1.69. The maximum atomic E-state index is 5.49. The van der Waals surface area contributed by atoms with Gasteiger partial charge in [-0.05, 0) is 53.2 Å². The van der Waals surface area contributed by atoms with E-state index in [2.05, 4.69) is 160 Å². The maximum Gasteiger partial charge on any atom is 0.235 e. The number of hydrogen-bond acceptors (Lipinski definition) is 5. The Labute approximate surface area is 306 Å². The van der Waals surface area contributed by atoms with Crippen LogP contribution in [0, 0.1) is 0 Å². The molecule has 5 heterocycles. The van der Waals surface area contributed by atoms with Crippen LogP contribution in [0.25, 0.3) is 91.9 Å². The average Bonchev–Trinajstić information content (AvgIpc) is 3.86. The Morgan fingerprint density at radius 3 is 2.15 bits per heavy atom. The molecule has 0 saturated heterocycles. The summed E-state index contributed by atoms with van der Waals surface area (Å²) in [7, 11) is 0. The summed E-state index contributed by atoms with van der Waals surface area (Å²) in [4.78, 5) is 15.9. The number of rotatable bonds is 3. The maximum absolute atomic E-state index is 5.49. The molecule has 7 aromatic carbocycles. The van der Waals surface area contributed by atoms with Crippen molar-refractivity contribution in [2.75, 3.05) is 5.32 Å². The highest BCUT2D eigenvalue weighted by Gasteiger charge is 2.24. The second kappa shape index (κ2) is 10.8. The lowest BCUT2D eigenvalue weighted by molar-refractivity contribution is 0.627. The molecule has 0 saturated carbocycles. The average molecular weight is 697 g/mol. The second-order valence-electron chi connectivity index (χ2n) is 13.7. The van der Waals surface area contributed by atoms with E-state index in [9.17, 15) is 0 Å². The molecule has 0 bridgehead atoms. The van der Waals surface area contributed by atoms with E-state index in [0.29, 0.717) is 5.95 Å². The number of fused-ring (bicyclic) bond motifs is 11. The smallest absolute Gasteiger partial charge is 0.235 e. The molecule has 1 unspecified atom stereocenters. The summed E-state index contributed by atoms with van der Waals surface area (Å²) in [5, 5.41) is 11.9. The SMILES string of the molecule is C1=NC(n2c3ccccc3c3cc4c(cc32)c2ccccc2n4-c2nc(-c3ccc4ccccc4c3)c3sc4ccccc4c3n2)Nc2ccccc21. The van der Waals surface area contributed by atoms with E-state index in [-0.39, 0.29) is 6.29 Å². The van der Waals surface area contributed by atoms with Gasteiger partial charge in [-0.3, -0.25) is 4.57 Å². The van der Waals surface area contributed by atoms with E-state index in [0.717, 1.165) is 76.3 Å². The number of anilines is 1. The van der Waals surface area contributed by atoms with Gasteiger partial charge in [0, 0.05) is 54.7 Å². The summed E-state index contributed by atoms with van der Waals surface area (Å²) >= 11 is 1.76. The van der Waals surface area contributed by atoms with Crippen molar-refractivity contribution in [3.8, 4) is 17.2 Å². The fourth-order valence-electron chi connectivity index (χ4n) is 8.35.